The van der Waals surface area contributed by atoms with Gasteiger partial charge in [0.2, 0.25) is 0 Å². The minimum absolute atomic E-state index is 0.0109. The molecule has 11 rings (SSSR count). The van der Waals surface area contributed by atoms with E-state index in [1.165, 1.54) is 9.80 Å². The molecular weight excluding hydrogens is 1170 g/mol. The Hall–Kier alpha value is -9.30. The molecule has 0 aliphatic carbocycles. The van der Waals surface area contributed by atoms with E-state index in [1.807, 2.05) is 97.1 Å². The van der Waals surface area contributed by atoms with Crippen LogP contribution in [0.3, 0.4) is 0 Å². The van der Waals surface area contributed by atoms with E-state index in [9.17, 15) is 9.59 Å². The fraction of sp³-hybridized carbons (Fsp3) is 0.367. The van der Waals surface area contributed by atoms with Gasteiger partial charge in [0, 0.05) is 56.2 Å². The first kappa shape index (κ1) is 65.2. The summed E-state index contributed by atoms with van der Waals surface area (Å²) in [4.78, 5) is 89.4. The van der Waals surface area contributed by atoms with E-state index in [0.717, 1.165) is 35.1 Å². The average Bonchev–Trinajstić information content (AvgIpc) is 0.674. The second-order valence-electron chi connectivity index (χ2n) is 28.7. The first-order chi connectivity index (χ1) is 44.0. The Kier molecular flexibility index (Phi) is 17.7. The van der Waals surface area contributed by atoms with Gasteiger partial charge in [-0.25, -0.2) is 0 Å². The van der Waals surface area contributed by atoms with Gasteiger partial charge in [0.1, 0.15) is 52.4 Å². The maximum Gasteiger partial charge on any atom is 0.317 e. The summed E-state index contributed by atoms with van der Waals surface area (Å²) >= 11 is 0. The van der Waals surface area contributed by atoms with Crippen molar-refractivity contribution in [2.75, 3.05) is 26.3 Å². The number of ether oxygens (including phenoxy) is 6. The third kappa shape index (κ3) is 13.0. The van der Waals surface area contributed by atoms with Crippen LogP contribution in [0, 0.1) is 0 Å². The van der Waals surface area contributed by atoms with Crippen molar-refractivity contribution in [1.82, 2.24) is 9.80 Å². The van der Waals surface area contributed by atoms with Crippen LogP contribution in [-0.2, 0) is 40.7 Å². The summed E-state index contributed by atoms with van der Waals surface area (Å²) < 4.78 is 39.3. The minimum Gasteiger partial charge on any atom is -0.466 e. The Balaban J connectivity index is 1.24. The van der Waals surface area contributed by atoms with Gasteiger partial charge in [-0.15, -0.1) is 0 Å². The topological polar surface area (TPSA) is 164 Å². The number of hydrogen-bond donors (Lipinski definition) is 0. The zero-order valence-corrected chi connectivity index (χ0v) is 56.1. The van der Waals surface area contributed by atoms with Crippen LogP contribution in [0.4, 0.5) is 0 Å². The number of unbranched alkanes of at least 4 members (excludes halogenated alkanes) is 4. The zero-order valence-electron chi connectivity index (χ0n) is 56.1. The van der Waals surface area contributed by atoms with E-state index in [4.69, 9.17) is 28.4 Å². The number of esters is 2. The van der Waals surface area contributed by atoms with Crippen molar-refractivity contribution in [3.63, 3.8) is 0 Å². The monoisotopic (exact) mass is 1250 g/mol. The maximum absolute atomic E-state index is 15.7. The normalized spacial score (nSPS) is 13.7. The van der Waals surface area contributed by atoms with E-state index in [1.54, 1.807) is 31.2 Å². The smallest absolute Gasteiger partial charge is 0.317 e. The second-order valence-corrected chi connectivity index (χ2v) is 28.7. The van der Waals surface area contributed by atoms with Gasteiger partial charge in [0.15, 0.2) is 0 Å². The highest BCUT2D eigenvalue weighted by Crippen LogP contribution is 2.58. The van der Waals surface area contributed by atoms with Crippen molar-refractivity contribution < 1.29 is 57.2 Å². The third-order valence-corrected chi connectivity index (χ3v) is 17.7. The lowest BCUT2D eigenvalue weighted by Crippen LogP contribution is -2.41. The van der Waals surface area contributed by atoms with Crippen molar-refractivity contribution in [2.45, 2.75) is 164 Å². The predicted octanol–water partition coefficient (Wildman–Crippen LogP) is 19.1. The molecule has 14 nitrogen and oxygen atoms in total. The Bertz CT molecular complexity index is 4160. The quantitative estimate of drug-likeness (QED) is 0.0167. The predicted molar refractivity (Wildman–Crippen MR) is 365 cm³/mol. The van der Waals surface area contributed by atoms with Crippen LogP contribution in [0.15, 0.2) is 121 Å². The lowest BCUT2D eigenvalue weighted by molar-refractivity contribution is -0.154. The number of carbonyl (C=O) groups excluding carboxylic acids is 6. The molecule has 0 unspecified atom stereocenters. The highest BCUT2D eigenvalue weighted by molar-refractivity contribution is 6.44. The first-order valence-electron chi connectivity index (χ1n) is 32.6. The van der Waals surface area contributed by atoms with Crippen LogP contribution >= 0.6 is 0 Å². The zero-order chi connectivity index (χ0) is 66.6. The molecule has 2 aliphatic rings. The van der Waals surface area contributed by atoms with E-state index in [0.29, 0.717) is 91.8 Å². The van der Waals surface area contributed by atoms with E-state index < -0.39 is 42.0 Å². The van der Waals surface area contributed by atoms with E-state index >= 15 is 19.2 Å². The molecule has 2 heterocycles. The summed E-state index contributed by atoms with van der Waals surface area (Å²) in [5.74, 6) is -0.690. The van der Waals surface area contributed by atoms with Crippen molar-refractivity contribution in [3.8, 4) is 46.0 Å². The van der Waals surface area contributed by atoms with Crippen molar-refractivity contribution in [1.29, 1.82) is 0 Å². The summed E-state index contributed by atoms with van der Waals surface area (Å²) in [7, 11) is 0. The Labute approximate surface area is 544 Å². The van der Waals surface area contributed by atoms with Gasteiger partial charge in [-0.05, 0) is 149 Å². The number of amides is 4. The van der Waals surface area contributed by atoms with E-state index in [-0.39, 0.29) is 93.2 Å². The molecule has 0 radical (unpaired) electrons. The van der Waals surface area contributed by atoms with Crippen LogP contribution in [0.2, 0.25) is 0 Å². The van der Waals surface area contributed by atoms with Crippen LogP contribution in [0.1, 0.15) is 206 Å². The first-order valence-corrected chi connectivity index (χ1v) is 32.6. The van der Waals surface area contributed by atoms with E-state index in [2.05, 4.69) is 90.0 Å². The molecule has 9 aromatic carbocycles. The van der Waals surface area contributed by atoms with Gasteiger partial charge < -0.3 is 28.4 Å². The van der Waals surface area contributed by atoms with Crippen molar-refractivity contribution >= 4 is 78.7 Å². The largest absolute Gasteiger partial charge is 0.466 e. The third-order valence-electron chi connectivity index (χ3n) is 17.7. The van der Waals surface area contributed by atoms with Crippen LogP contribution in [0.5, 0.6) is 46.0 Å². The van der Waals surface area contributed by atoms with Crippen molar-refractivity contribution in [3.05, 3.63) is 166 Å². The molecule has 0 fully saturated rings. The number of imide groups is 2. The van der Waals surface area contributed by atoms with Crippen molar-refractivity contribution in [2.24, 2.45) is 0 Å². The Morgan fingerprint density at radius 1 is 0.344 bits per heavy atom. The Morgan fingerprint density at radius 2 is 0.624 bits per heavy atom. The van der Waals surface area contributed by atoms with Crippen LogP contribution in [-0.4, -0.2) is 71.7 Å². The molecule has 0 atom stereocenters. The number of hydrogen-bond acceptors (Lipinski definition) is 12. The summed E-state index contributed by atoms with van der Waals surface area (Å²) in [6.45, 7) is 29.7. The summed E-state index contributed by atoms with van der Waals surface area (Å²) in [6.07, 6.45) is 2.99. The Morgan fingerprint density at radius 3 is 0.892 bits per heavy atom. The molecule has 93 heavy (non-hydrogen) atoms. The highest BCUT2D eigenvalue weighted by atomic mass is 16.6. The van der Waals surface area contributed by atoms with Gasteiger partial charge in [-0.2, -0.15) is 0 Å². The van der Waals surface area contributed by atoms with Crippen LogP contribution < -0.4 is 18.9 Å². The molecule has 14 heteroatoms. The molecule has 2 aliphatic heterocycles. The minimum atomic E-state index is -0.700. The van der Waals surface area contributed by atoms with Gasteiger partial charge in [-0.3, -0.25) is 38.6 Å². The number of benzene rings is 9. The van der Waals surface area contributed by atoms with Gasteiger partial charge in [-0.1, -0.05) is 151 Å². The highest BCUT2D eigenvalue weighted by Gasteiger charge is 2.42. The summed E-state index contributed by atoms with van der Waals surface area (Å²) in [5, 5.41) is 3.29. The number of nitrogens with zero attached hydrogens (tertiary/aromatic N) is 2. The maximum atomic E-state index is 15.7. The average molecular weight is 1250 g/mol. The van der Waals surface area contributed by atoms with Gasteiger partial charge in [0.25, 0.3) is 23.6 Å². The molecule has 0 saturated heterocycles. The molecule has 9 aromatic rings. The molecule has 0 aromatic heterocycles. The fourth-order valence-corrected chi connectivity index (χ4v) is 12.6. The van der Waals surface area contributed by atoms with Gasteiger partial charge in [0.05, 0.1) is 35.5 Å². The number of rotatable bonds is 21. The SMILES string of the molecule is CCCCCN1C(=O)c2cc(Oc3ccc(C(C)(C)C)cc3)c3c4c(Oc5ccc(C(C)(C)C)cc5)cc5c6c(cc(Oc7ccc(C(C)(C)C)cc7)c(c7c(Oc8ccc(C(C)(C)C)cc8)cc(c2c37)C1=O)c64)C(=O)N(CCCCCOC(=O)CC(=O)OCC)C5=O. The molecule has 0 saturated carbocycles. The van der Waals surface area contributed by atoms with Gasteiger partial charge >= 0.3 is 11.9 Å². The molecule has 482 valence electrons. The lowest BCUT2D eigenvalue weighted by Gasteiger charge is -2.32. The molecule has 0 spiro atoms. The fourth-order valence-electron chi connectivity index (χ4n) is 12.6. The molecular formula is C79H84N2O12. The summed E-state index contributed by atoms with van der Waals surface area (Å²) in [6, 6.07) is 38.2. The standard InChI is InChI=1S/C79H84N2O12/c1-15-17-19-38-80-72(84)54-41-58(90-50-30-22-46(23-31-50)76(3,4)5)66-68-60(92-52-34-26-48(27-35-52)78(9,10)11)43-56-65-57(75(87)81(74(56)86)39-20-18-21-40-89-63(83)45-62(82)88-16-2)44-61(93-53-36-28-49(29-37-53)79(12,13)14)69(71(65)68)67-59(42-55(73(80)85)64(54)70(66)67)91-51-32-24-47(25-33-51)77(6,7)8/h22-37,41-44H,15-21,38-40,45H2,1-14H3. The number of fused-ring (bicyclic) bond motifs is 2. The lowest BCUT2D eigenvalue weighted by atomic mass is 9.80. The molecule has 0 N–H and O–H groups in total. The number of carbonyl (C=O) groups is 6. The summed E-state index contributed by atoms with van der Waals surface area (Å²) in [5.41, 5.74) is 4.35. The van der Waals surface area contributed by atoms with Crippen LogP contribution in [0.25, 0.3) is 43.1 Å². The second kappa shape index (κ2) is 25.3. The molecule has 4 amide bonds. The molecule has 0 bridgehead atoms.